The van der Waals surface area contributed by atoms with E-state index in [1.165, 1.54) is 0 Å². The zero-order valence-corrected chi connectivity index (χ0v) is 16.0. The van der Waals surface area contributed by atoms with Crippen LogP contribution in [0.1, 0.15) is 11.3 Å². The molecule has 2 aromatic carbocycles. The average molecular weight is 393 g/mol. The molecule has 0 aliphatic heterocycles. The molecule has 0 bridgehead atoms. The van der Waals surface area contributed by atoms with Crippen LogP contribution in [0.25, 0.3) is 5.69 Å². The number of carbonyl (C=O) groups excluding carboxylic acids is 2. The molecule has 29 heavy (non-hydrogen) atoms. The number of methoxy groups -OCH3 is 1. The number of hydrogen-bond donors (Lipinski definition) is 3. The summed E-state index contributed by atoms with van der Waals surface area (Å²) in [6, 6.07) is 17.2. The lowest BCUT2D eigenvalue weighted by atomic mass is 10.1. The number of ether oxygens (including phenoxy) is 1. The summed E-state index contributed by atoms with van der Waals surface area (Å²) in [5, 5.41) is 9.76. The number of amides is 3. The highest BCUT2D eigenvalue weighted by molar-refractivity contribution is 5.86. The van der Waals surface area contributed by atoms with Crippen molar-refractivity contribution in [3.8, 4) is 11.4 Å². The van der Waals surface area contributed by atoms with Gasteiger partial charge in [-0.15, -0.1) is 0 Å². The van der Waals surface area contributed by atoms with Gasteiger partial charge in [-0.2, -0.15) is 5.10 Å². The molecular weight excluding hydrogens is 370 g/mol. The summed E-state index contributed by atoms with van der Waals surface area (Å²) >= 11 is 0. The van der Waals surface area contributed by atoms with Gasteiger partial charge in [0.2, 0.25) is 5.91 Å². The summed E-state index contributed by atoms with van der Waals surface area (Å²) in [4.78, 5) is 23.9. The fourth-order valence-corrected chi connectivity index (χ4v) is 2.87. The van der Waals surface area contributed by atoms with Crippen molar-refractivity contribution in [1.29, 1.82) is 0 Å². The highest BCUT2D eigenvalue weighted by Gasteiger charge is 2.20. The van der Waals surface area contributed by atoms with Crippen LogP contribution in [0.15, 0.2) is 66.9 Å². The van der Waals surface area contributed by atoms with E-state index < -0.39 is 12.1 Å². The first-order valence-corrected chi connectivity index (χ1v) is 9.12. The predicted molar refractivity (Wildman–Crippen MR) is 109 cm³/mol. The standard InChI is InChI=1S/C21H23N5O3/c1-29-18-9-7-17(8-10-18)26-12-11-16(25-26)14-23-20(27)19(24-21(22)28)13-15-5-3-2-4-6-15/h2-12,19H,13-14H2,1H3,(H,23,27)(H3,22,24,28). The molecule has 1 unspecified atom stereocenters. The van der Waals surface area contributed by atoms with Gasteiger partial charge in [-0.3, -0.25) is 4.79 Å². The molecule has 8 heteroatoms. The zero-order valence-electron chi connectivity index (χ0n) is 16.0. The quantitative estimate of drug-likeness (QED) is 0.542. The molecule has 0 spiro atoms. The number of nitrogens with zero attached hydrogens (tertiary/aromatic N) is 2. The summed E-state index contributed by atoms with van der Waals surface area (Å²) in [6.45, 7) is 0.230. The molecule has 0 aliphatic carbocycles. The summed E-state index contributed by atoms with van der Waals surface area (Å²) in [5.74, 6) is 0.437. The first kappa shape index (κ1) is 19.9. The van der Waals surface area contributed by atoms with Crippen LogP contribution in [0.3, 0.4) is 0 Å². The topological polar surface area (TPSA) is 111 Å². The van der Waals surface area contributed by atoms with Crippen LogP contribution in [0.2, 0.25) is 0 Å². The fraction of sp³-hybridized carbons (Fsp3) is 0.190. The summed E-state index contributed by atoms with van der Waals surface area (Å²) in [7, 11) is 1.61. The van der Waals surface area contributed by atoms with Gasteiger partial charge in [0.15, 0.2) is 0 Å². The molecule has 1 aromatic heterocycles. The van der Waals surface area contributed by atoms with Gasteiger partial charge in [0.05, 0.1) is 25.0 Å². The number of aromatic nitrogens is 2. The SMILES string of the molecule is COc1ccc(-n2ccc(CNC(=O)C(Cc3ccccc3)NC(N)=O)n2)cc1. The molecule has 3 rings (SSSR count). The van der Waals surface area contributed by atoms with E-state index >= 15 is 0 Å². The molecule has 8 nitrogen and oxygen atoms in total. The third-order valence-electron chi connectivity index (χ3n) is 4.34. The van der Waals surface area contributed by atoms with Crippen LogP contribution in [-0.2, 0) is 17.8 Å². The first-order chi connectivity index (χ1) is 14.0. The van der Waals surface area contributed by atoms with Gasteiger partial charge in [-0.25, -0.2) is 9.48 Å². The van der Waals surface area contributed by atoms with Crippen molar-refractivity contribution in [3.05, 3.63) is 78.1 Å². The Hall–Kier alpha value is -3.81. The minimum Gasteiger partial charge on any atom is -0.497 e. The highest BCUT2D eigenvalue weighted by atomic mass is 16.5. The predicted octanol–water partition coefficient (Wildman–Crippen LogP) is 1.78. The van der Waals surface area contributed by atoms with Gasteiger partial charge in [0.25, 0.3) is 0 Å². The van der Waals surface area contributed by atoms with Crippen molar-refractivity contribution >= 4 is 11.9 Å². The van der Waals surface area contributed by atoms with Gasteiger partial charge >= 0.3 is 6.03 Å². The van der Waals surface area contributed by atoms with Crippen LogP contribution >= 0.6 is 0 Å². The number of nitrogens with one attached hydrogen (secondary N) is 2. The number of rotatable bonds is 8. The molecule has 150 valence electrons. The molecule has 0 aliphatic rings. The Morgan fingerprint density at radius 2 is 1.83 bits per heavy atom. The van der Waals surface area contributed by atoms with Gasteiger partial charge < -0.3 is 21.1 Å². The minimum absolute atomic E-state index is 0.230. The second-order valence-corrected chi connectivity index (χ2v) is 6.42. The molecule has 3 amide bonds. The number of urea groups is 1. The Morgan fingerprint density at radius 3 is 2.48 bits per heavy atom. The smallest absolute Gasteiger partial charge is 0.312 e. The summed E-state index contributed by atoms with van der Waals surface area (Å²) in [5.41, 5.74) is 7.71. The fourth-order valence-electron chi connectivity index (χ4n) is 2.87. The maximum atomic E-state index is 12.6. The first-order valence-electron chi connectivity index (χ1n) is 9.12. The maximum Gasteiger partial charge on any atom is 0.312 e. The number of nitrogens with two attached hydrogens (primary N) is 1. The van der Waals surface area contributed by atoms with E-state index in [2.05, 4.69) is 15.7 Å². The van der Waals surface area contributed by atoms with Gasteiger partial charge in [0.1, 0.15) is 11.8 Å². The van der Waals surface area contributed by atoms with Gasteiger partial charge in [-0.05, 0) is 35.9 Å². The molecular formula is C21H23N5O3. The number of carbonyl (C=O) groups is 2. The van der Waals surface area contributed by atoms with Crippen molar-refractivity contribution in [2.24, 2.45) is 5.73 Å². The molecule has 3 aromatic rings. The van der Waals surface area contributed by atoms with Crippen LogP contribution < -0.4 is 21.1 Å². The largest absolute Gasteiger partial charge is 0.497 e. The van der Waals surface area contributed by atoms with E-state index in [1.54, 1.807) is 11.8 Å². The second kappa shape index (κ2) is 9.41. The van der Waals surface area contributed by atoms with E-state index in [4.69, 9.17) is 10.5 Å². The lowest BCUT2D eigenvalue weighted by molar-refractivity contribution is -0.123. The lowest BCUT2D eigenvalue weighted by Crippen LogP contribution is -2.49. The monoisotopic (exact) mass is 393 g/mol. The molecule has 1 heterocycles. The summed E-state index contributed by atoms with van der Waals surface area (Å²) < 4.78 is 6.86. The number of hydrogen-bond acceptors (Lipinski definition) is 4. The van der Waals surface area contributed by atoms with Crippen LogP contribution in [0.5, 0.6) is 5.75 Å². The highest BCUT2D eigenvalue weighted by Crippen LogP contribution is 2.14. The van der Waals surface area contributed by atoms with Crippen LogP contribution in [-0.4, -0.2) is 34.9 Å². The third-order valence-corrected chi connectivity index (χ3v) is 4.34. The summed E-state index contributed by atoms with van der Waals surface area (Å²) in [6.07, 6.45) is 2.16. The van der Waals surface area contributed by atoms with E-state index in [-0.39, 0.29) is 12.5 Å². The molecule has 4 N–H and O–H groups in total. The van der Waals surface area contributed by atoms with Crippen molar-refractivity contribution in [2.45, 2.75) is 19.0 Å². The van der Waals surface area contributed by atoms with Crippen molar-refractivity contribution in [1.82, 2.24) is 20.4 Å². The van der Waals surface area contributed by atoms with Gasteiger partial charge in [0, 0.05) is 12.6 Å². The molecule has 0 fully saturated rings. The second-order valence-electron chi connectivity index (χ2n) is 6.42. The normalized spacial score (nSPS) is 11.5. The third kappa shape index (κ3) is 5.58. The van der Waals surface area contributed by atoms with Crippen molar-refractivity contribution in [2.75, 3.05) is 7.11 Å². The molecule has 0 saturated carbocycles. The minimum atomic E-state index is -0.765. The van der Waals surface area contributed by atoms with E-state index in [9.17, 15) is 9.59 Å². The van der Waals surface area contributed by atoms with Gasteiger partial charge in [-0.1, -0.05) is 30.3 Å². The average Bonchev–Trinajstić information content (AvgIpc) is 3.21. The van der Waals surface area contributed by atoms with E-state index in [1.807, 2.05) is 66.9 Å². The molecule has 1 atom stereocenters. The Morgan fingerprint density at radius 1 is 1.10 bits per heavy atom. The molecule has 0 saturated heterocycles. The Kier molecular flexibility index (Phi) is 6.47. The van der Waals surface area contributed by atoms with Crippen LogP contribution in [0, 0.1) is 0 Å². The Bertz CT molecular complexity index is 954. The van der Waals surface area contributed by atoms with E-state index in [0.717, 1.165) is 17.0 Å². The van der Waals surface area contributed by atoms with E-state index in [0.29, 0.717) is 12.1 Å². The Labute approximate surface area is 168 Å². The lowest BCUT2D eigenvalue weighted by Gasteiger charge is -2.17. The maximum absolute atomic E-state index is 12.6. The van der Waals surface area contributed by atoms with Crippen LogP contribution in [0.4, 0.5) is 4.79 Å². The number of primary amides is 1. The zero-order chi connectivity index (χ0) is 20.6. The number of benzene rings is 2. The van der Waals surface area contributed by atoms with Crippen molar-refractivity contribution in [3.63, 3.8) is 0 Å². The van der Waals surface area contributed by atoms with Crippen molar-refractivity contribution < 1.29 is 14.3 Å². The molecule has 0 radical (unpaired) electrons. The Balaban J connectivity index is 1.61.